The van der Waals surface area contributed by atoms with Crippen molar-refractivity contribution in [1.82, 2.24) is 0 Å². The van der Waals surface area contributed by atoms with Crippen LogP contribution in [0.15, 0.2) is 12.2 Å². The van der Waals surface area contributed by atoms with Crippen molar-refractivity contribution in [1.29, 1.82) is 0 Å². The van der Waals surface area contributed by atoms with E-state index >= 15 is 0 Å². The van der Waals surface area contributed by atoms with Crippen LogP contribution in [0.2, 0.25) is 0 Å². The molecule has 1 N–H and O–H groups in total. The highest BCUT2D eigenvalue weighted by Gasteiger charge is 2.15. The van der Waals surface area contributed by atoms with Gasteiger partial charge in [-0.3, -0.25) is 4.79 Å². The fraction of sp³-hybridized carbons (Fsp3) is 0.852. The van der Waals surface area contributed by atoms with Gasteiger partial charge >= 0.3 is 11.9 Å². The molecule has 1 atom stereocenters. The summed E-state index contributed by atoms with van der Waals surface area (Å²) in [6.07, 6.45) is 23.1. The lowest BCUT2D eigenvalue weighted by atomic mass is 10.1. The molecule has 0 saturated heterocycles. The first-order valence-electron chi connectivity index (χ1n) is 13.3. The fourth-order valence-electron chi connectivity index (χ4n) is 3.57. The monoisotopic (exact) mass is 454 g/mol. The number of aliphatic hydroxyl groups is 1. The molecule has 5 nitrogen and oxygen atoms in total. The fourth-order valence-corrected chi connectivity index (χ4v) is 3.57. The molecule has 1 unspecified atom stereocenters. The van der Waals surface area contributed by atoms with E-state index in [9.17, 15) is 14.7 Å². The molecule has 0 radical (unpaired) electrons. The van der Waals surface area contributed by atoms with Gasteiger partial charge in [0.25, 0.3) is 0 Å². The third-order valence-electron chi connectivity index (χ3n) is 5.63. The zero-order chi connectivity index (χ0) is 23.7. The Morgan fingerprint density at radius 1 is 0.750 bits per heavy atom. The Labute approximate surface area is 197 Å². The standard InChI is InChI=1S/C27H50O5/c1-3-5-7-9-11-13-15-17-19-21-26(29)31-24-25(23-28)32-27(30)22-20-18-16-14-12-10-8-6-4-2/h19,21,25,28H,3-18,20,22-24H2,1-2H3. The maximum absolute atomic E-state index is 11.9. The van der Waals surface area contributed by atoms with Gasteiger partial charge in [0.1, 0.15) is 6.61 Å². The summed E-state index contributed by atoms with van der Waals surface area (Å²) in [4.78, 5) is 23.7. The van der Waals surface area contributed by atoms with Crippen LogP contribution in [-0.4, -0.2) is 36.4 Å². The number of esters is 2. The van der Waals surface area contributed by atoms with Gasteiger partial charge in [0.05, 0.1) is 6.61 Å². The number of allylic oxidation sites excluding steroid dienone is 1. The average Bonchev–Trinajstić information content (AvgIpc) is 2.79. The van der Waals surface area contributed by atoms with Crippen LogP contribution in [0.3, 0.4) is 0 Å². The van der Waals surface area contributed by atoms with Crippen LogP contribution >= 0.6 is 0 Å². The normalized spacial score (nSPS) is 12.2. The second-order valence-corrected chi connectivity index (χ2v) is 8.82. The van der Waals surface area contributed by atoms with Gasteiger partial charge < -0.3 is 14.6 Å². The van der Waals surface area contributed by atoms with Crippen LogP contribution in [0, 0.1) is 0 Å². The molecule has 0 saturated carbocycles. The van der Waals surface area contributed by atoms with Gasteiger partial charge in [-0.25, -0.2) is 4.79 Å². The Morgan fingerprint density at radius 2 is 1.25 bits per heavy atom. The van der Waals surface area contributed by atoms with Gasteiger partial charge in [0, 0.05) is 12.5 Å². The number of aliphatic hydroxyl groups excluding tert-OH is 1. The summed E-state index contributed by atoms with van der Waals surface area (Å²) in [6, 6.07) is 0. The first kappa shape index (κ1) is 30.6. The lowest BCUT2D eigenvalue weighted by Gasteiger charge is -2.15. The molecule has 0 aromatic rings. The zero-order valence-corrected chi connectivity index (χ0v) is 21.0. The van der Waals surface area contributed by atoms with E-state index in [0.717, 1.165) is 32.1 Å². The molecule has 0 bridgehead atoms. The maximum atomic E-state index is 11.9. The van der Waals surface area contributed by atoms with E-state index in [0.29, 0.717) is 6.42 Å². The van der Waals surface area contributed by atoms with Crippen LogP contribution < -0.4 is 0 Å². The minimum absolute atomic E-state index is 0.111. The smallest absolute Gasteiger partial charge is 0.330 e. The number of hydrogen-bond acceptors (Lipinski definition) is 5. The van der Waals surface area contributed by atoms with Crippen LogP contribution in [-0.2, 0) is 19.1 Å². The van der Waals surface area contributed by atoms with E-state index in [4.69, 9.17) is 9.47 Å². The molecular weight excluding hydrogens is 404 g/mol. The molecule has 188 valence electrons. The molecular formula is C27H50O5. The molecule has 32 heavy (non-hydrogen) atoms. The molecule has 0 fully saturated rings. The van der Waals surface area contributed by atoms with Crippen LogP contribution in [0.5, 0.6) is 0 Å². The molecule has 0 rings (SSSR count). The first-order valence-corrected chi connectivity index (χ1v) is 13.3. The van der Waals surface area contributed by atoms with Crippen LogP contribution in [0.1, 0.15) is 129 Å². The highest BCUT2D eigenvalue weighted by atomic mass is 16.6. The molecule has 0 aliphatic carbocycles. The minimum Gasteiger partial charge on any atom is -0.458 e. The van der Waals surface area contributed by atoms with E-state index in [1.807, 2.05) is 6.08 Å². The van der Waals surface area contributed by atoms with Gasteiger partial charge in [-0.2, -0.15) is 0 Å². The molecule has 0 aliphatic rings. The Balaban J connectivity index is 3.70. The summed E-state index contributed by atoms with van der Waals surface area (Å²) in [6.45, 7) is 3.98. The SMILES string of the molecule is CCCCCCCCCC=CC(=O)OCC(CO)OC(=O)CCCCCCCCCCC. The van der Waals surface area contributed by atoms with Crippen molar-refractivity contribution in [2.45, 2.75) is 136 Å². The molecule has 5 heteroatoms. The van der Waals surface area contributed by atoms with E-state index in [1.165, 1.54) is 83.1 Å². The Hall–Kier alpha value is -1.36. The number of ether oxygens (including phenoxy) is 2. The van der Waals surface area contributed by atoms with E-state index < -0.39 is 12.1 Å². The maximum Gasteiger partial charge on any atom is 0.330 e. The van der Waals surface area contributed by atoms with Gasteiger partial charge in [0.2, 0.25) is 0 Å². The third-order valence-corrected chi connectivity index (χ3v) is 5.63. The van der Waals surface area contributed by atoms with E-state index in [-0.39, 0.29) is 19.2 Å². The van der Waals surface area contributed by atoms with Crippen molar-refractivity contribution in [3.63, 3.8) is 0 Å². The summed E-state index contributed by atoms with van der Waals surface area (Å²) >= 11 is 0. The second-order valence-electron chi connectivity index (χ2n) is 8.82. The van der Waals surface area contributed by atoms with Crippen molar-refractivity contribution in [3.8, 4) is 0 Å². The molecule has 0 aromatic heterocycles. The number of carbonyl (C=O) groups is 2. The van der Waals surface area contributed by atoms with Gasteiger partial charge in [0.15, 0.2) is 6.10 Å². The molecule has 0 heterocycles. The van der Waals surface area contributed by atoms with Gasteiger partial charge in [-0.1, -0.05) is 110 Å². The number of rotatable bonds is 23. The van der Waals surface area contributed by atoms with Gasteiger partial charge in [-0.15, -0.1) is 0 Å². The summed E-state index contributed by atoms with van der Waals surface area (Å²) < 4.78 is 10.3. The topological polar surface area (TPSA) is 72.8 Å². The lowest BCUT2D eigenvalue weighted by Crippen LogP contribution is -2.28. The first-order chi connectivity index (χ1) is 15.6. The highest BCUT2D eigenvalue weighted by Crippen LogP contribution is 2.11. The molecule has 0 spiro atoms. The Bertz CT molecular complexity index is 461. The van der Waals surface area contributed by atoms with Gasteiger partial charge in [-0.05, 0) is 19.3 Å². The molecule has 0 aliphatic heterocycles. The predicted molar refractivity (Wildman–Crippen MR) is 132 cm³/mol. The van der Waals surface area contributed by atoms with E-state index in [1.54, 1.807) is 0 Å². The summed E-state index contributed by atoms with van der Waals surface area (Å²) in [5, 5.41) is 9.38. The number of hydrogen-bond donors (Lipinski definition) is 1. The quantitative estimate of drug-likeness (QED) is 0.102. The predicted octanol–water partition coefficient (Wildman–Crippen LogP) is 7.05. The Morgan fingerprint density at radius 3 is 1.78 bits per heavy atom. The second kappa shape index (κ2) is 24.3. The van der Waals surface area contributed by atoms with Crippen molar-refractivity contribution < 1.29 is 24.2 Å². The Kier molecular flexibility index (Phi) is 23.3. The molecule has 0 aromatic carbocycles. The summed E-state index contributed by atoms with van der Waals surface area (Å²) in [7, 11) is 0. The molecule has 0 amide bonds. The number of unbranched alkanes of at least 4 members (excludes halogenated alkanes) is 15. The van der Waals surface area contributed by atoms with Crippen LogP contribution in [0.4, 0.5) is 0 Å². The zero-order valence-electron chi connectivity index (χ0n) is 21.0. The van der Waals surface area contributed by atoms with E-state index in [2.05, 4.69) is 13.8 Å². The van der Waals surface area contributed by atoms with Crippen molar-refractivity contribution in [2.75, 3.05) is 13.2 Å². The summed E-state index contributed by atoms with van der Waals surface area (Å²) in [5.41, 5.74) is 0. The third kappa shape index (κ3) is 21.9. The lowest BCUT2D eigenvalue weighted by molar-refractivity contribution is -0.159. The van der Waals surface area contributed by atoms with Crippen molar-refractivity contribution >= 4 is 11.9 Å². The van der Waals surface area contributed by atoms with Crippen molar-refractivity contribution in [3.05, 3.63) is 12.2 Å². The van der Waals surface area contributed by atoms with Crippen molar-refractivity contribution in [2.24, 2.45) is 0 Å². The van der Waals surface area contributed by atoms with Crippen LogP contribution in [0.25, 0.3) is 0 Å². The largest absolute Gasteiger partial charge is 0.458 e. The summed E-state index contributed by atoms with van der Waals surface area (Å²) in [5.74, 6) is -0.793. The average molecular weight is 455 g/mol. The highest BCUT2D eigenvalue weighted by molar-refractivity contribution is 5.81. The minimum atomic E-state index is -0.790. The number of carbonyl (C=O) groups excluding carboxylic acids is 2.